The van der Waals surface area contributed by atoms with E-state index in [4.69, 9.17) is 9.47 Å². The summed E-state index contributed by atoms with van der Waals surface area (Å²) >= 11 is 0. The van der Waals surface area contributed by atoms with Gasteiger partial charge in [-0.05, 0) is 24.3 Å². The van der Waals surface area contributed by atoms with Crippen molar-refractivity contribution in [3.05, 3.63) is 54.1 Å². The molecule has 0 saturated carbocycles. The van der Waals surface area contributed by atoms with Crippen molar-refractivity contribution in [3.8, 4) is 11.5 Å². The zero-order valence-corrected chi connectivity index (χ0v) is 12.2. The number of fused-ring (bicyclic) bond motifs is 1. The van der Waals surface area contributed by atoms with E-state index >= 15 is 0 Å². The zero-order chi connectivity index (χ0) is 18.2. The lowest BCUT2D eigenvalue weighted by Gasteiger charge is -2.29. The molecular formula is C15H9F5N2O3. The van der Waals surface area contributed by atoms with Gasteiger partial charge in [-0.15, -0.1) is 0 Å². The van der Waals surface area contributed by atoms with Crippen LogP contribution in [0.2, 0.25) is 0 Å². The van der Waals surface area contributed by atoms with E-state index in [1.165, 1.54) is 29.6 Å². The molecular weight excluding hydrogens is 351 g/mol. The Morgan fingerprint density at radius 1 is 1.00 bits per heavy atom. The third-order valence-electron chi connectivity index (χ3n) is 3.19. The fraction of sp³-hybridized carbons (Fsp3) is 0.133. The highest BCUT2D eigenvalue weighted by molar-refractivity contribution is 5.89. The first-order chi connectivity index (χ1) is 11.7. The molecule has 5 nitrogen and oxygen atoms in total. The fourth-order valence-corrected chi connectivity index (χ4v) is 2.08. The van der Waals surface area contributed by atoms with Crippen LogP contribution in [0.5, 0.6) is 11.5 Å². The van der Waals surface area contributed by atoms with Crippen LogP contribution in [-0.2, 0) is 0 Å². The third kappa shape index (κ3) is 3.14. The molecule has 0 saturated heterocycles. The van der Waals surface area contributed by atoms with Crippen molar-refractivity contribution in [1.29, 1.82) is 0 Å². The van der Waals surface area contributed by atoms with Gasteiger partial charge in [-0.1, -0.05) is 12.1 Å². The molecule has 2 aromatic carbocycles. The summed E-state index contributed by atoms with van der Waals surface area (Å²) in [5.41, 5.74) is -0.522. The number of carbonyl (C=O) groups excluding carboxylic acids is 1. The highest BCUT2D eigenvalue weighted by Crippen LogP contribution is 2.44. The number of para-hydroxylation sites is 2. The summed E-state index contributed by atoms with van der Waals surface area (Å²) in [6.45, 7) is 0. The Morgan fingerprint density at radius 2 is 1.60 bits per heavy atom. The van der Waals surface area contributed by atoms with Crippen molar-refractivity contribution < 1.29 is 36.2 Å². The summed E-state index contributed by atoms with van der Waals surface area (Å²) in [5.74, 6) is -6.00. The van der Waals surface area contributed by atoms with Gasteiger partial charge in [-0.3, -0.25) is 5.32 Å². The molecule has 3 rings (SSSR count). The lowest BCUT2D eigenvalue weighted by molar-refractivity contribution is -0.317. The molecule has 0 bridgehead atoms. The van der Waals surface area contributed by atoms with Crippen LogP contribution in [-0.4, -0.2) is 18.1 Å². The number of nitrogens with one attached hydrogen (secondary N) is 2. The van der Waals surface area contributed by atoms with Crippen molar-refractivity contribution in [2.75, 3.05) is 5.32 Å². The van der Waals surface area contributed by atoms with E-state index in [2.05, 4.69) is 0 Å². The lowest BCUT2D eigenvalue weighted by atomic mass is 10.3. The first-order valence-corrected chi connectivity index (χ1v) is 6.78. The number of hydrogen-bond acceptors (Lipinski definition) is 3. The zero-order valence-electron chi connectivity index (χ0n) is 12.2. The Kier molecular flexibility index (Phi) is 3.90. The van der Waals surface area contributed by atoms with Crippen LogP contribution in [0.15, 0.2) is 42.5 Å². The highest BCUT2D eigenvalue weighted by atomic mass is 19.4. The standard InChI is InChI=1S/C15H9F5N2O3/c16-8-5-6-10(9(17)7-8)21-13(23)22-15(14(18,19)20)24-11-3-1-2-4-12(11)25-15/h1-7H,(H2,21,22,23). The Bertz CT molecular complexity index is 800. The molecule has 2 N–H and O–H groups in total. The summed E-state index contributed by atoms with van der Waals surface area (Å²) in [7, 11) is 0. The number of hydrogen-bond donors (Lipinski definition) is 2. The third-order valence-corrected chi connectivity index (χ3v) is 3.19. The number of amides is 2. The van der Waals surface area contributed by atoms with Crippen molar-refractivity contribution >= 4 is 11.7 Å². The molecule has 1 heterocycles. The van der Waals surface area contributed by atoms with Gasteiger partial charge in [-0.25, -0.2) is 13.6 Å². The molecule has 0 atom stereocenters. The van der Waals surface area contributed by atoms with E-state index in [1.54, 1.807) is 0 Å². The number of rotatable bonds is 2. The Labute approximate surface area is 137 Å². The van der Waals surface area contributed by atoms with Crippen LogP contribution in [0.4, 0.5) is 32.4 Å². The number of ether oxygens (including phenoxy) is 2. The van der Waals surface area contributed by atoms with E-state index in [0.717, 1.165) is 12.1 Å². The molecule has 0 spiro atoms. The summed E-state index contributed by atoms with van der Waals surface area (Å²) < 4.78 is 76.0. The predicted octanol–water partition coefficient (Wildman–Crippen LogP) is 3.77. The normalized spacial score (nSPS) is 14.9. The second-order valence-corrected chi connectivity index (χ2v) is 4.97. The summed E-state index contributed by atoms with van der Waals surface area (Å²) in [5, 5.41) is 3.33. The number of alkyl halides is 3. The average Bonchev–Trinajstić information content (AvgIpc) is 2.89. The van der Waals surface area contributed by atoms with Crippen molar-refractivity contribution in [2.45, 2.75) is 12.1 Å². The minimum absolute atomic E-state index is 0.229. The van der Waals surface area contributed by atoms with Crippen LogP contribution in [0, 0.1) is 11.6 Å². The van der Waals surface area contributed by atoms with Gasteiger partial charge in [0, 0.05) is 6.07 Å². The Morgan fingerprint density at radius 3 is 2.12 bits per heavy atom. The number of urea groups is 1. The topological polar surface area (TPSA) is 59.6 Å². The first kappa shape index (κ1) is 16.8. The van der Waals surface area contributed by atoms with Gasteiger partial charge >= 0.3 is 18.1 Å². The molecule has 0 aliphatic carbocycles. The molecule has 1 aliphatic rings. The lowest BCUT2D eigenvalue weighted by Crippen LogP contribution is -2.65. The number of carbonyl (C=O) groups is 1. The maximum absolute atomic E-state index is 13.5. The molecule has 0 radical (unpaired) electrons. The summed E-state index contributed by atoms with van der Waals surface area (Å²) in [6.07, 6.45) is -5.15. The Hall–Kier alpha value is -3.04. The summed E-state index contributed by atoms with van der Waals surface area (Å²) in [6, 6.07) is 5.98. The van der Waals surface area contributed by atoms with Crippen LogP contribution in [0.1, 0.15) is 0 Å². The maximum Gasteiger partial charge on any atom is 0.492 e. The summed E-state index contributed by atoms with van der Waals surface area (Å²) in [4.78, 5) is 11.9. The molecule has 25 heavy (non-hydrogen) atoms. The fourth-order valence-electron chi connectivity index (χ4n) is 2.08. The molecule has 10 heteroatoms. The smallest absolute Gasteiger partial charge is 0.424 e. The van der Waals surface area contributed by atoms with Crippen LogP contribution >= 0.6 is 0 Å². The second kappa shape index (κ2) is 5.80. The molecule has 0 unspecified atom stereocenters. The van der Waals surface area contributed by atoms with Crippen LogP contribution in [0.3, 0.4) is 0 Å². The quantitative estimate of drug-likeness (QED) is 0.802. The van der Waals surface area contributed by atoms with Crippen molar-refractivity contribution in [1.82, 2.24) is 5.32 Å². The van der Waals surface area contributed by atoms with Gasteiger partial charge < -0.3 is 14.8 Å². The second-order valence-electron chi connectivity index (χ2n) is 4.97. The van der Waals surface area contributed by atoms with E-state index in [-0.39, 0.29) is 11.5 Å². The van der Waals surface area contributed by atoms with Gasteiger partial charge in [-0.2, -0.15) is 13.2 Å². The SMILES string of the molecule is O=C(Nc1ccc(F)cc1F)NC1(C(F)(F)F)Oc2ccccc2O1. The molecule has 132 valence electrons. The molecule has 2 amide bonds. The van der Waals surface area contributed by atoms with Crippen molar-refractivity contribution in [2.24, 2.45) is 0 Å². The first-order valence-electron chi connectivity index (χ1n) is 6.78. The van der Waals surface area contributed by atoms with Gasteiger partial charge in [0.15, 0.2) is 11.5 Å². The van der Waals surface area contributed by atoms with Gasteiger partial charge in [0.05, 0.1) is 5.69 Å². The maximum atomic E-state index is 13.5. The highest BCUT2D eigenvalue weighted by Gasteiger charge is 2.65. The number of benzene rings is 2. The minimum Gasteiger partial charge on any atom is -0.424 e. The molecule has 2 aromatic rings. The predicted molar refractivity (Wildman–Crippen MR) is 75.0 cm³/mol. The molecule has 0 fully saturated rings. The van der Waals surface area contributed by atoms with E-state index < -0.39 is 35.4 Å². The number of anilines is 1. The minimum atomic E-state index is -5.15. The Balaban J connectivity index is 1.82. The van der Waals surface area contributed by atoms with Crippen LogP contribution < -0.4 is 20.1 Å². The molecule has 1 aliphatic heterocycles. The van der Waals surface area contributed by atoms with Crippen LogP contribution in [0.25, 0.3) is 0 Å². The van der Waals surface area contributed by atoms with E-state index in [0.29, 0.717) is 6.07 Å². The number of halogens is 5. The van der Waals surface area contributed by atoms with Gasteiger partial charge in [0.25, 0.3) is 0 Å². The largest absolute Gasteiger partial charge is 0.492 e. The average molecular weight is 360 g/mol. The van der Waals surface area contributed by atoms with Gasteiger partial charge in [0.1, 0.15) is 11.6 Å². The van der Waals surface area contributed by atoms with Gasteiger partial charge in [0.2, 0.25) is 0 Å². The van der Waals surface area contributed by atoms with E-state index in [1.807, 2.05) is 5.32 Å². The monoisotopic (exact) mass is 360 g/mol. The van der Waals surface area contributed by atoms with Crippen molar-refractivity contribution in [3.63, 3.8) is 0 Å². The van der Waals surface area contributed by atoms with E-state index in [9.17, 15) is 26.7 Å². The molecule has 0 aromatic heterocycles.